The Bertz CT molecular complexity index is 1010. The van der Waals surface area contributed by atoms with Crippen LogP contribution in [0.4, 0.5) is 5.82 Å². The van der Waals surface area contributed by atoms with Crippen LogP contribution >= 0.6 is 0 Å². The van der Waals surface area contributed by atoms with E-state index < -0.39 is 5.91 Å². The van der Waals surface area contributed by atoms with Crippen molar-refractivity contribution in [2.75, 3.05) is 19.1 Å². The molecule has 3 rings (SSSR count). The lowest BCUT2D eigenvalue weighted by Gasteiger charge is -2.03. The van der Waals surface area contributed by atoms with E-state index in [1.165, 1.54) is 17.1 Å². The van der Waals surface area contributed by atoms with Gasteiger partial charge in [0.2, 0.25) is 5.91 Å². The first-order valence-electron chi connectivity index (χ1n) is 11.9. The number of benzene rings is 1. The number of nitrogens with one attached hydrogen (secondary N) is 1. The van der Waals surface area contributed by atoms with Crippen LogP contribution in [0.5, 0.6) is 0 Å². The first-order valence-corrected chi connectivity index (χ1v) is 11.9. The third-order valence-electron chi connectivity index (χ3n) is 4.75. The van der Waals surface area contributed by atoms with Gasteiger partial charge < -0.3 is 15.2 Å². The van der Waals surface area contributed by atoms with Crippen LogP contribution < -0.4 is 11.2 Å². The molecular weight excluding hydrogens is 468 g/mol. The van der Waals surface area contributed by atoms with Crippen molar-refractivity contribution in [3.05, 3.63) is 103 Å². The molecule has 202 valence electrons. The van der Waals surface area contributed by atoms with Gasteiger partial charge in [-0.2, -0.15) is 0 Å². The lowest BCUT2D eigenvalue weighted by atomic mass is 10.1. The Kier molecular flexibility index (Phi) is 18.2. The minimum atomic E-state index is -0.435. The lowest BCUT2D eigenvalue weighted by molar-refractivity contribution is -0.128. The van der Waals surface area contributed by atoms with Crippen molar-refractivity contribution in [1.82, 2.24) is 15.0 Å². The van der Waals surface area contributed by atoms with E-state index in [-0.39, 0.29) is 6.42 Å². The highest BCUT2D eigenvalue weighted by Crippen LogP contribution is 2.18. The minimum Gasteiger partial charge on any atom is -0.470 e. The smallest absolute Gasteiger partial charge is 0.247 e. The molecule has 0 radical (unpaired) electrons. The van der Waals surface area contributed by atoms with Gasteiger partial charge in [0.05, 0.1) is 5.69 Å². The molecule has 0 atom stereocenters. The SMILES string of the molecule is C/C=C/C.C=C/C(C)=C\n1c(C)nc(CCc2ccccc2)c1N.C=C1COCO1.C=CCC(=O)NO. The number of hydrogen-bond acceptors (Lipinski definition) is 6. The van der Waals surface area contributed by atoms with Gasteiger partial charge in [-0.25, -0.2) is 10.5 Å². The van der Waals surface area contributed by atoms with Crippen LogP contribution in [-0.4, -0.2) is 34.1 Å². The number of nitrogens with two attached hydrogens (primary N) is 1. The van der Waals surface area contributed by atoms with Crippen LogP contribution in [0.25, 0.3) is 6.20 Å². The average molecular weight is 511 g/mol. The Morgan fingerprint density at radius 1 is 1.22 bits per heavy atom. The third-order valence-corrected chi connectivity index (χ3v) is 4.75. The Morgan fingerprint density at radius 3 is 2.27 bits per heavy atom. The molecule has 4 N–H and O–H groups in total. The molecule has 0 unspecified atom stereocenters. The summed E-state index contributed by atoms with van der Waals surface area (Å²) in [6.07, 6.45) is 11.2. The summed E-state index contributed by atoms with van der Waals surface area (Å²) in [6, 6.07) is 10.4. The zero-order chi connectivity index (χ0) is 28.1. The largest absolute Gasteiger partial charge is 0.470 e. The van der Waals surface area contributed by atoms with Gasteiger partial charge in [-0.05, 0) is 51.7 Å². The fourth-order valence-electron chi connectivity index (χ4n) is 2.63. The maximum Gasteiger partial charge on any atom is 0.247 e. The van der Waals surface area contributed by atoms with Crippen molar-refractivity contribution in [3.63, 3.8) is 0 Å². The number of aryl methyl sites for hydroxylation is 3. The van der Waals surface area contributed by atoms with E-state index in [0.717, 1.165) is 41.5 Å². The van der Waals surface area contributed by atoms with Gasteiger partial charge in [0, 0.05) is 12.6 Å². The van der Waals surface area contributed by atoms with Crippen molar-refractivity contribution < 1.29 is 19.5 Å². The van der Waals surface area contributed by atoms with Crippen molar-refractivity contribution in [1.29, 1.82) is 0 Å². The van der Waals surface area contributed by atoms with E-state index in [1.807, 2.05) is 62.8 Å². The molecule has 2 aromatic rings. The molecule has 1 aromatic heterocycles. The van der Waals surface area contributed by atoms with Gasteiger partial charge in [-0.3, -0.25) is 14.6 Å². The maximum atomic E-state index is 9.98. The van der Waals surface area contributed by atoms with E-state index in [1.54, 1.807) is 0 Å². The first-order chi connectivity index (χ1) is 17.7. The normalized spacial score (nSPS) is 12.1. The van der Waals surface area contributed by atoms with Crippen LogP contribution in [-0.2, 0) is 27.1 Å². The molecule has 8 nitrogen and oxygen atoms in total. The van der Waals surface area contributed by atoms with Gasteiger partial charge in [-0.15, -0.1) is 6.58 Å². The van der Waals surface area contributed by atoms with Crippen LogP contribution in [0, 0.1) is 6.92 Å². The van der Waals surface area contributed by atoms with Crippen molar-refractivity contribution in [2.45, 2.75) is 47.0 Å². The summed E-state index contributed by atoms with van der Waals surface area (Å²) in [4.78, 5) is 14.6. The van der Waals surface area contributed by atoms with E-state index in [0.29, 0.717) is 13.4 Å². The van der Waals surface area contributed by atoms with Gasteiger partial charge in [0.15, 0.2) is 6.79 Å². The summed E-state index contributed by atoms with van der Waals surface area (Å²) >= 11 is 0. The number of carbonyl (C=O) groups is 1. The van der Waals surface area contributed by atoms with Crippen molar-refractivity contribution in [3.8, 4) is 0 Å². The molecule has 2 heterocycles. The highest BCUT2D eigenvalue weighted by Gasteiger charge is 2.10. The molecule has 0 bridgehead atoms. The highest BCUT2D eigenvalue weighted by molar-refractivity contribution is 5.75. The molecule has 1 aliphatic heterocycles. The number of aromatic nitrogens is 2. The molecule has 0 aliphatic carbocycles. The number of allylic oxidation sites excluding steroid dienone is 4. The molecule has 8 heteroatoms. The zero-order valence-electron chi connectivity index (χ0n) is 22.6. The standard InChI is InChI=1S/C17H21N3.C4H7NO2.C4H6O2.C4H8/c1-4-13(2)12-20-14(3)19-16(17(20)18)11-10-15-8-6-5-7-9-15;1-2-3-4(6)5-7;1-4-2-5-3-6-4;1-3-4-2/h4-9,12H,1,10-11,18H2,2-3H3;2,7H,1,3H2,(H,5,6);1-3H2;3-4H,1-2H3/b13-12-;;;4-3+. The quantitative estimate of drug-likeness (QED) is 0.189. The Labute approximate surface area is 221 Å². The molecule has 1 fully saturated rings. The zero-order valence-corrected chi connectivity index (χ0v) is 22.6. The van der Waals surface area contributed by atoms with E-state index in [4.69, 9.17) is 20.4 Å². The number of rotatable bonds is 7. The summed E-state index contributed by atoms with van der Waals surface area (Å²) in [5, 5.41) is 7.82. The molecule has 0 saturated carbocycles. The lowest BCUT2D eigenvalue weighted by Crippen LogP contribution is -2.16. The number of carbonyl (C=O) groups excluding carboxylic acids is 1. The molecule has 1 aliphatic rings. The molecule has 37 heavy (non-hydrogen) atoms. The summed E-state index contributed by atoms with van der Waals surface area (Å²) < 4.78 is 11.4. The number of nitrogens with zero attached hydrogens (tertiary/aromatic N) is 2. The van der Waals surface area contributed by atoms with Crippen molar-refractivity contribution in [2.24, 2.45) is 0 Å². The average Bonchev–Trinajstić information content (AvgIpc) is 3.50. The fourth-order valence-corrected chi connectivity index (χ4v) is 2.63. The number of nitrogen functional groups attached to an aromatic ring is 1. The molecule has 1 amide bonds. The Morgan fingerprint density at radius 2 is 1.86 bits per heavy atom. The fraction of sp³-hybridized carbons (Fsp3) is 0.310. The molecule has 1 aromatic carbocycles. The van der Waals surface area contributed by atoms with E-state index >= 15 is 0 Å². The number of amides is 1. The van der Waals surface area contributed by atoms with Crippen LogP contribution in [0.3, 0.4) is 0 Å². The first kappa shape index (κ1) is 33.1. The Hall–Kier alpha value is -3.88. The topological polar surface area (TPSA) is 112 Å². The minimum absolute atomic E-state index is 0.163. The predicted octanol–water partition coefficient (Wildman–Crippen LogP) is 5.76. The second kappa shape index (κ2) is 20.3. The molecule has 0 spiro atoms. The van der Waals surface area contributed by atoms with Gasteiger partial charge in [0.25, 0.3) is 0 Å². The number of hydrogen-bond donors (Lipinski definition) is 3. The molecule has 1 saturated heterocycles. The van der Waals surface area contributed by atoms with E-state index in [9.17, 15) is 4.79 Å². The van der Waals surface area contributed by atoms with Gasteiger partial charge in [-0.1, -0.05) is 67.8 Å². The summed E-state index contributed by atoms with van der Waals surface area (Å²) in [5.74, 6) is 1.93. The van der Waals surface area contributed by atoms with E-state index in [2.05, 4.69) is 49.0 Å². The second-order valence-corrected chi connectivity index (χ2v) is 7.77. The van der Waals surface area contributed by atoms with Gasteiger partial charge >= 0.3 is 0 Å². The number of anilines is 1. The summed E-state index contributed by atoms with van der Waals surface area (Å²) in [5.41, 5.74) is 11.0. The van der Waals surface area contributed by atoms with Crippen molar-refractivity contribution >= 4 is 17.9 Å². The maximum absolute atomic E-state index is 9.98. The number of imidazole rings is 1. The summed E-state index contributed by atoms with van der Waals surface area (Å²) in [7, 11) is 0. The Balaban J connectivity index is 0.000000619. The van der Waals surface area contributed by atoms with Gasteiger partial charge in [0.1, 0.15) is 24.0 Å². The van der Waals surface area contributed by atoms with Crippen LogP contribution in [0.1, 0.15) is 44.3 Å². The highest BCUT2D eigenvalue weighted by atomic mass is 16.7. The summed E-state index contributed by atoms with van der Waals surface area (Å²) in [6.45, 7) is 19.5. The predicted molar refractivity (Wildman–Crippen MR) is 152 cm³/mol. The monoisotopic (exact) mass is 510 g/mol. The number of ether oxygens (including phenoxy) is 2. The van der Waals surface area contributed by atoms with Crippen LogP contribution in [0.2, 0.25) is 0 Å². The van der Waals surface area contributed by atoms with Crippen LogP contribution in [0.15, 0.2) is 85.7 Å². The number of hydroxylamine groups is 1. The molecular formula is C29H42N4O4. The third kappa shape index (κ3) is 15.0. The second-order valence-electron chi connectivity index (χ2n) is 7.77.